The third-order valence-electron chi connectivity index (χ3n) is 8.36. The molecule has 1 aromatic heterocycles. The van der Waals surface area contributed by atoms with Gasteiger partial charge in [-0.15, -0.1) is 0 Å². The van der Waals surface area contributed by atoms with Gasteiger partial charge < -0.3 is 20.6 Å². The fourth-order valence-electron chi connectivity index (χ4n) is 5.70. The molecule has 2 heterocycles. The quantitative estimate of drug-likeness (QED) is 0.0521. The molecule has 1 aliphatic heterocycles. The van der Waals surface area contributed by atoms with Gasteiger partial charge in [0.2, 0.25) is 11.4 Å². The van der Waals surface area contributed by atoms with Crippen molar-refractivity contribution in [2.75, 3.05) is 29.1 Å². The topological polar surface area (TPSA) is 140 Å². The molecule has 0 radical (unpaired) electrons. The minimum absolute atomic E-state index is 0.133. The molecule has 0 bridgehead atoms. The van der Waals surface area contributed by atoms with Crippen LogP contribution in [0.5, 0.6) is 0 Å². The Hall–Kier alpha value is -3.33. The number of aromatic nitrogens is 1. The number of thiazole rings is 1. The highest BCUT2D eigenvalue weighted by Gasteiger charge is 2.26. The Morgan fingerprint density at radius 2 is 1.84 bits per heavy atom. The molecular formula is C35H39Cl2N4O6S3+. The van der Waals surface area contributed by atoms with Crippen molar-refractivity contribution in [3.05, 3.63) is 85.8 Å². The average molecular weight is 779 g/mol. The second kappa shape index (κ2) is 16.8. The van der Waals surface area contributed by atoms with Crippen molar-refractivity contribution in [2.24, 2.45) is 0 Å². The van der Waals surface area contributed by atoms with E-state index in [2.05, 4.69) is 21.3 Å². The molecule has 0 spiro atoms. The maximum absolute atomic E-state index is 12.8. The number of anilines is 2. The number of nitrogens with one attached hydrogen (secondary N) is 2. The van der Waals surface area contributed by atoms with Crippen LogP contribution in [0, 0.1) is 6.92 Å². The molecule has 1 amide bonds. The number of fused-ring (bicyclic) bond motifs is 2. The summed E-state index contributed by atoms with van der Waals surface area (Å²) in [6.45, 7) is 5.05. The van der Waals surface area contributed by atoms with Gasteiger partial charge in [-0.3, -0.25) is 9.35 Å². The number of aryl methyl sites for hydroxylation is 2. The summed E-state index contributed by atoms with van der Waals surface area (Å²) in [4.78, 5) is 27.2. The highest BCUT2D eigenvalue weighted by Crippen LogP contribution is 2.46. The third-order valence-corrected chi connectivity index (χ3v) is 11.9. The van der Waals surface area contributed by atoms with Crippen LogP contribution in [0.15, 0.2) is 64.5 Å². The van der Waals surface area contributed by atoms with Gasteiger partial charge in [-0.1, -0.05) is 64.0 Å². The number of halogens is 2. The number of benzene rings is 3. The molecule has 0 fully saturated rings. The van der Waals surface area contributed by atoms with E-state index < -0.39 is 22.1 Å². The first-order valence-corrected chi connectivity index (χ1v) is 20.2. The lowest BCUT2D eigenvalue weighted by Crippen LogP contribution is -2.41. The Bertz CT molecular complexity index is 2020. The lowest BCUT2D eigenvalue weighted by Gasteiger charge is -2.28. The standard InChI is InChI=1S/C35H38Cl2N4O6S3/c1-22-7-10-25(11-8-22)40(23(2)35(43)44)18-15-31(42)38-16-3-4-17-41-28-20-24(36)9-13-29(28)49-33(41)21-32-39-34-26(6-5-19-50(45,46)47)27(37)12-14-30(34)48-32/h7-14,20-21,23H,3-6,15-19H2,1-2H3,(H3,38,42,43,44,45,46,47)/p+1. The van der Waals surface area contributed by atoms with Crippen LogP contribution in [0.25, 0.3) is 16.3 Å². The molecule has 3 aromatic carbocycles. The predicted molar refractivity (Wildman–Crippen MR) is 203 cm³/mol. The monoisotopic (exact) mass is 777 g/mol. The van der Waals surface area contributed by atoms with Gasteiger partial charge >= 0.3 is 5.97 Å². The summed E-state index contributed by atoms with van der Waals surface area (Å²) in [6.07, 6.45) is 4.43. The molecule has 4 N–H and O–H groups in total. The lowest BCUT2D eigenvalue weighted by molar-refractivity contribution is -0.669. The molecule has 1 aliphatic rings. The van der Waals surface area contributed by atoms with Gasteiger partial charge in [0.05, 0.1) is 22.5 Å². The summed E-state index contributed by atoms with van der Waals surface area (Å²) in [5.74, 6) is -1.42. The number of hydrogen-bond donors (Lipinski definition) is 4. The number of carbonyl (C=O) groups is 2. The molecular weight excluding hydrogens is 740 g/mol. The molecule has 0 saturated carbocycles. The molecule has 10 nitrogen and oxygen atoms in total. The van der Waals surface area contributed by atoms with Crippen LogP contribution in [-0.4, -0.2) is 54.8 Å². The van der Waals surface area contributed by atoms with Crippen molar-refractivity contribution in [3.8, 4) is 0 Å². The number of carboxylic acids is 1. The van der Waals surface area contributed by atoms with Crippen molar-refractivity contribution < 1.29 is 32.2 Å². The highest BCUT2D eigenvalue weighted by molar-refractivity contribution is 8.03. The maximum Gasteiger partial charge on any atom is 0.326 e. The first-order valence-electron chi connectivity index (χ1n) is 16.2. The number of carbonyl (C=O) groups excluding carboxylic acids is 1. The van der Waals surface area contributed by atoms with Gasteiger partial charge in [0.1, 0.15) is 10.7 Å². The van der Waals surface area contributed by atoms with Crippen molar-refractivity contribution in [2.45, 2.75) is 63.4 Å². The molecule has 0 saturated heterocycles. The molecule has 266 valence electrons. The predicted octanol–water partition coefficient (Wildman–Crippen LogP) is 7.41. The number of unbranched alkanes of at least 4 members (excludes halogenated alkanes) is 1. The van der Waals surface area contributed by atoms with Crippen molar-refractivity contribution in [1.82, 2.24) is 5.32 Å². The molecule has 15 heteroatoms. The average Bonchev–Trinajstić information content (AvgIpc) is 3.62. The van der Waals surface area contributed by atoms with E-state index in [0.29, 0.717) is 29.6 Å². The molecule has 1 atom stereocenters. The number of thioether (sulfide) groups is 1. The largest absolute Gasteiger partial charge is 0.480 e. The van der Waals surface area contributed by atoms with Crippen LogP contribution < -0.4 is 20.1 Å². The van der Waals surface area contributed by atoms with Crippen LogP contribution in [-0.2, 0) is 32.7 Å². The normalized spacial score (nSPS) is 14.1. The number of aliphatic carboxylic acids is 1. The van der Waals surface area contributed by atoms with Crippen LogP contribution in [0.1, 0.15) is 48.7 Å². The first-order chi connectivity index (χ1) is 23.8. The van der Waals surface area contributed by atoms with Crippen molar-refractivity contribution >= 4 is 96.0 Å². The minimum Gasteiger partial charge on any atom is -0.480 e. The van der Waals surface area contributed by atoms with E-state index >= 15 is 0 Å². The lowest BCUT2D eigenvalue weighted by atomic mass is 10.1. The number of rotatable bonds is 16. The van der Waals surface area contributed by atoms with E-state index in [1.54, 1.807) is 41.0 Å². The van der Waals surface area contributed by atoms with E-state index in [1.807, 2.05) is 55.5 Å². The van der Waals surface area contributed by atoms with E-state index in [4.69, 9.17) is 27.8 Å². The maximum atomic E-state index is 12.8. The second-order valence-electron chi connectivity index (χ2n) is 12.1. The molecule has 0 aliphatic carbocycles. The molecule has 4 aromatic rings. The van der Waals surface area contributed by atoms with Gasteiger partial charge in [-0.2, -0.15) is 13.0 Å². The summed E-state index contributed by atoms with van der Waals surface area (Å²) in [5, 5.41) is 19.1. The summed E-state index contributed by atoms with van der Waals surface area (Å²) in [7, 11) is -4.06. The number of amides is 1. The Kier molecular flexibility index (Phi) is 12.7. The van der Waals surface area contributed by atoms with Gasteiger partial charge in [0.25, 0.3) is 15.1 Å². The van der Waals surface area contributed by atoms with E-state index in [9.17, 15) is 23.1 Å². The van der Waals surface area contributed by atoms with Crippen LogP contribution in [0.2, 0.25) is 10.0 Å². The summed E-state index contributed by atoms with van der Waals surface area (Å²) >= 11 is 16.1. The van der Waals surface area contributed by atoms with E-state index in [0.717, 1.165) is 60.5 Å². The van der Waals surface area contributed by atoms with Gasteiger partial charge in [-0.25, -0.2) is 4.79 Å². The molecule has 5 rings (SSSR count). The number of carboxylic acid groups (broad SMARTS) is 1. The SMILES string of the molecule is Cc1ccc(N(CCC(=O)NCCCC[n+]2c(/C=C3/Nc4c(ccc(Cl)c4CCCS(=O)(=O)O)S3)sc3ccc(Cl)cc32)C(C)C(=O)O)cc1. The number of hydrogen-bond acceptors (Lipinski definition) is 8. The zero-order valence-corrected chi connectivity index (χ0v) is 31.6. The third kappa shape index (κ3) is 9.92. The Morgan fingerprint density at radius 1 is 1.08 bits per heavy atom. The smallest absolute Gasteiger partial charge is 0.326 e. The van der Waals surface area contributed by atoms with E-state index in [-0.39, 0.29) is 31.0 Å². The van der Waals surface area contributed by atoms with Gasteiger partial charge in [0, 0.05) is 52.6 Å². The molecule has 1 unspecified atom stereocenters. The minimum atomic E-state index is -4.06. The van der Waals surface area contributed by atoms with Crippen molar-refractivity contribution in [1.29, 1.82) is 0 Å². The zero-order chi connectivity index (χ0) is 36.0. The fraction of sp³-hybridized carbons (Fsp3) is 0.343. The Balaban J connectivity index is 1.21. The molecule has 50 heavy (non-hydrogen) atoms. The van der Waals surface area contributed by atoms with Gasteiger partial charge in [-0.05, 0) is 75.1 Å². The zero-order valence-electron chi connectivity index (χ0n) is 27.6. The Labute approximate surface area is 310 Å². The summed E-state index contributed by atoms with van der Waals surface area (Å²) < 4.78 is 35.0. The number of nitrogens with zero attached hydrogens (tertiary/aromatic N) is 2. The first kappa shape index (κ1) is 37.9. The van der Waals surface area contributed by atoms with Crippen molar-refractivity contribution in [3.63, 3.8) is 0 Å². The van der Waals surface area contributed by atoms with Crippen LogP contribution >= 0.6 is 46.3 Å². The summed E-state index contributed by atoms with van der Waals surface area (Å²) in [6, 6.07) is 16.4. The second-order valence-corrected chi connectivity index (χ2v) is 16.6. The fourth-order valence-corrected chi connectivity index (χ4v) is 8.79. The van der Waals surface area contributed by atoms with Crippen LogP contribution in [0.4, 0.5) is 11.4 Å². The Morgan fingerprint density at radius 3 is 2.56 bits per heavy atom. The van der Waals surface area contributed by atoms with Crippen LogP contribution in [0.3, 0.4) is 0 Å². The highest BCUT2D eigenvalue weighted by atomic mass is 35.5. The van der Waals surface area contributed by atoms with Gasteiger partial charge in [0.15, 0.2) is 6.54 Å². The summed E-state index contributed by atoms with van der Waals surface area (Å²) in [5.41, 5.74) is 4.49. The van der Waals surface area contributed by atoms with E-state index in [1.165, 1.54) is 0 Å².